The summed E-state index contributed by atoms with van der Waals surface area (Å²) in [6, 6.07) is 3.64. The molecule has 1 heterocycles. The minimum absolute atomic E-state index is 0.288. The maximum Gasteiger partial charge on any atom is 0.191 e. The summed E-state index contributed by atoms with van der Waals surface area (Å²) in [6.07, 6.45) is 2.83. The fourth-order valence-corrected chi connectivity index (χ4v) is 1.66. The normalized spacial score (nSPS) is 13.3. The Hall–Kier alpha value is -1.50. The third-order valence-corrected chi connectivity index (χ3v) is 5.15. The molecule has 1 aromatic heterocycles. The highest BCUT2D eigenvalue weighted by Gasteiger charge is 2.30. The Bertz CT molecular complexity index is 533. The molecule has 7 heteroatoms. The predicted octanol–water partition coefficient (Wildman–Crippen LogP) is 1.16. The summed E-state index contributed by atoms with van der Waals surface area (Å²) in [6.45, 7) is 6.71. The SMILES string of the molecule is CCNC(=NCc1ccco1)NCC(C)(C)S(C)(=O)=O. The summed E-state index contributed by atoms with van der Waals surface area (Å²) < 4.78 is 27.7. The van der Waals surface area contributed by atoms with Crippen LogP contribution in [0.1, 0.15) is 26.5 Å². The third kappa shape index (κ3) is 4.88. The molecule has 0 aliphatic carbocycles. The van der Waals surface area contributed by atoms with Gasteiger partial charge in [-0.05, 0) is 32.9 Å². The Balaban J connectivity index is 2.66. The Morgan fingerprint density at radius 1 is 1.40 bits per heavy atom. The summed E-state index contributed by atoms with van der Waals surface area (Å²) in [5.74, 6) is 1.32. The van der Waals surface area contributed by atoms with Gasteiger partial charge in [0.15, 0.2) is 15.8 Å². The van der Waals surface area contributed by atoms with Crippen LogP contribution in [0.5, 0.6) is 0 Å². The zero-order valence-electron chi connectivity index (χ0n) is 12.4. The number of guanidine groups is 1. The first kappa shape index (κ1) is 16.6. The lowest BCUT2D eigenvalue weighted by Crippen LogP contribution is -2.47. The summed E-state index contributed by atoms with van der Waals surface area (Å²) >= 11 is 0. The lowest BCUT2D eigenvalue weighted by Gasteiger charge is -2.24. The van der Waals surface area contributed by atoms with Crippen LogP contribution in [0.25, 0.3) is 0 Å². The van der Waals surface area contributed by atoms with Crippen molar-refractivity contribution >= 4 is 15.8 Å². The van der Waals surface area contributed by atoms with Crippen molar-refractivity contribution in [2.45, 2.75) is 32.1 Å². The second kappa shape index (κ2) is 6.78. The summed E-state index contributed by atoms with van der Waals surface area (Å²) in [5.41, 5.74) is 0. The van der Waals surface area contributed by atoms with Crippen LogP contribution in [0, 0.1) is 0 Å². The van der Waals surface area contributed by atoms with E-state index in [2.05, 4.69) is 15.6 Å². The Morgan fingerprint density at radius 2 is 2.10 bits per heavy atom. The van der Waals surface area contributed by atoms with Crippen molar-refractivity contribution in [1.82, 2.24) is 10.6 Å². The van der Waals surface area contributed by atoms with Crippen LogP contribution in [0.2, 0.25) is 0 Å². The molecule has 1 rings (SSSR count). The molecule has 0 saturated heterocycles. The maximum absolute atomic E-state index is 11.7. The standard InChI is InChI=1S/C13H23N3O3S/c1-5-14-12(15-9-11-7-6-8-19-11)16-10-13(2,3)20(4,17)18/h6-8H,5,9-10H2,1-4H3,(H2,14,15,16). The molecule has 0 bridgehead atoms. The lowest BCUT2D eigenvalue weighted by atomic mass is 10.2. The topological polar surface area (TPSA) is 83.7 Å². The molecule has 0 spiro atoms. The van der Waals surface area contributed by atoms with Gasteiger partial charge in [0.1, 0.15) is 12.3 Å². The van der Waals surface area contributed by atoms with Crippen molar-refractivity contribution < 1.29 is 12.8 Å². The molecule has 6 nitrogen and oxygen atoms in total. The van der Waals surface area contributed by atoms with Crippen molar-refractivity contribution in [3.05, 3.63) is 24.2 Å². The van der Waals surface area contributed by atoms with Crippen LogP contribution >= 0.6 is 0 Å². The molecule has 114 valence electrons. The van der Waals surface area contributed by atoms with E-state index in [-0.39, 0.29) is 6.54 Å². The van der Waals surface area contributed by atoms with Crippen molar-refractivity contribution in [3.8, 4) is 0 Å². The number of furan rings is 1. The second-order valence-electron chi connectivity index (χ2n) is 5.16. The lowest BCUT2D eigenvalue weighted by molar-refractivity contribution is 0.511. The number of hydrogen-bond acceptors (Lipinski definition) is 4. The monoisotopic (exact) mass is 301 g/mol. The first-order chi connectivity index (χ1) is 9.26. The third-order valence-electron chi connectivity index (χ3n) is 3.00. The Labute approximate surface area is 120 Å². The van der Waals surface area contributed by atoms with Gasteiger partial charge in [-0.25, -0.2) is 13.4 Å². The quantitative estimate of drug-likeness (QED) is 0.608. The van der Waals surface area contributed by atoms with Crippen molar-refractivity contribution in [2.75, 3.05) is 19.3 Å². The van der Waals surface area contributed by atoms with Gasteiger partial charge in [0.05, 0.1) is 11.0 Å². The molecule has 20 heavy (non-hydrogen) atoms. The molecule has 0 unspecified atom stereocenters. The van der Waals surface area contributed by atoms with E-state index in [0.29, 0.717) is 19.0 Å². The highest BCUT2D eigenvalue weighted by molar-refractivity contribution is 7.92. The first-order valence-electron chi connectivity index (χ1n) is 6.50. The van der Waals surface area contributed by atoms with Gasteiger partial charge in [-0.2, -0.15) is 0 Å². The van der Waals surface area contributed by atoms with E-state index in [1.165, 1.54) is 6.26 Å². The molecule has 0 saturated carbocycles. The number of rotatable bonds is 6. The molecule has 0 aliphatic heterocycles. The van der Waals surface area contributed by atoms with Gasteiger partial charge in [0.2, 0.25) is 0 Å². The zero-order chi connectivity index (χ0) is 15.2. The number of nitrogens with zero attached hydrogens (tertiary/aromatic N) is 1. The molecule has 0 radical (unpaired) electrons. The predicted molar refractivity (Wildman–Crippen MR) is 80.4 cm³/mol. The molecular formula is C13H23N3O3S. The van der Waals surface area contributed by atoms with Gasteiger partial charge < -0.3 is 15.1 Å². The van der Waals surface area contributed by atoms with Crippen LogP contribution < -0.4 is 10.6 Å². The van der Waals surface area contributed by atoms with Gasteiger partial charge in [0.25, 0.3) is 0 Å². The fourth-order valence-electron chi connectivity index (χ4n) is 1.33. The van der Waals surface area contributed by atoms with E-state index in [1.54, 1.807) is 26.2 Å². The number of sulfone groups is 1. The smallest absolute Gasteiger partial charge is 0.191 e. The van der Waals surface area contributed by atoms with Gasteiger partial charge in [-0.15, -0.1) is 0 Å². The number of hydrogen-bond donors (Lipinski definition) is 2. The van der Waals surface area contributed by atoms with Crippen molar-refractivity contribution in [1.29, 1.82) is 0 Å². The molecule has 2 N–H and O–H groups in total. The average molecular weight is 301 g/mol. The highest BCUT2D eigenvalue weighted by atomic mass is 32.2. The first-order valence-corrected chi connectivity index (χ1v) is 8.39. The van der Waals surface area contributed by atoms with Crippen LogP contribution in [0.15, 0.2) is 27.8 Å². The average Bonchev–Trinajstić information content (AvgIpc) is 2.84. The number of aliphatic imine (C=N–C) groups is 1. The molecule has 0 atom stereocenters. The van der Waals surface area contributed by atoms with Crippen LogP contribution in [0.3, 0.4) is 0 Å². The van der Waals surface area contributed by atoms with Gasteiger partial charge in [0, 0.05) is 19.3 Å². The molecule has 0 fully saturated rings. The van der Waals surface area contributed by atoms with E-state index in [4.69, 9.17) is 4.42 Å². The Kier molecular flexibility index (Phi) is 5.62. The molecule has 1 aromatic rings. The van der Waals surface area contributed by atoms with Crippen LogP contribution in [-0.4, -0.2) is 38.5 Å². The Morgan fingerprint density at radius 3 is 2.60 bits per heavy atom. The molecular weight excluding hydrogens is 278 g/mol. The minimum Gasteiger partial charge on any atom is -0.467 e. The van der Waals surface area contributed by atoms with Crippen molar-refractivity contribution in [3.63, 3.8) is 0 Å². The van der Waals surface area contributed by atoms with Crippen molar-refractivity contribution in [2.24, 2.45) is 4.99 Å². The summed E-state index contributed by atoms with van der Waals surface area (Å²) in [7, 11) is -3.13. The largest absolute Gasteiger partial charge is 0.467 e. The fraction of sp³-hybridized carbons (Fsp3) is 0.615. The van der Waals surface area contributed by atoms with E-state index < -0.39 is 14.6 Å². The van der Waals surface area contributed by atoms with Gasteiger partial charge in [-0.1, -0.05) is 0 Å². The van der Waals surface area contributed by atoms with E-state index >= 15 is 0 Å². The highest BCUT2D eigenvalue weighted by Crippen LogP contribution is 2.13. The zero-order valence-corrected chi connectivity index (χ0v) is 13.3. The molecule has 0 amide bonds. The summed E-state index contributed by atoms with van der Waals surface area (Å²) in [5, 5.41) is 6.12. The van der Waals surface area contributed by atoms with Crippen LogP contribution in [0.4, 0.5) is 0 Å². The maximum atomic E-state index is 11.7. The number of nitrogens with one attached hydrogen (secondary N) is 2. The van der Waals surface area contributed by atoms with E-state index in [0.717, 1.165) is 5.76 Å². The van der Waals surface area contributed by atoms with Gasteiger partial charge in [-0.3, -0.25) is 0 Å². The minimum atomic E-state index is -3.13. The molecule has 0 aliphatic rings. The van der Waals surface area contributed by atoms with E-state index in [9.17, 15) is 8.42 Å². The summed E-state index contributed by atoms with van der Waals surface area (Å²) in [4.78, 5) is 4.35. The van der Waals surface area contributed by atoms with Gasteiger partial charge >= 0.3 is 0 Å². The molecule has 0 aromatic carbocycles. The second-order valence-corrected chi connectivity index (χ2v) is 7.81. The van der Waals surface area contributed by atoms with Crippen LogP contribution in [-0.2, 0) is 16.4 Å². The van der Waals surface area contributed by atoms with E-state index in [1.807, 2.05) is 13.0 Å².